The van der Waals surface area contributed by atoms with Crippen molar-refractivity contribution in [1.29, 1.82) is 0 Å². The van der Waals surface area contributed by atoms with Crippen LogP contribution in [0.5, 0.6) is 0 Å². The van der Waals surface area contributed by atoms with Crippen molar-refractivity contribution in [1.82, 2.24) is 14.9 Å². The lowest BCUT2D eigenvalue weighted by atomic mass is 10.1. The summed E-state index contributed by atoms with van der Waals surface area (Å²) in [7, 11) is 0. The van der Waals surface area contributed by atoms with Crippen molar-refractivity contribution in [2.75, 3.05) is 12.0 Å². The van der Waals surface area contributed by atoms with Crippen LogP contribution < -0.4 is 11.0 Å². The Labute approximate surface area is 146 Å². The van der Waals surface area contributed by atoms with Gasteiger partial charge in [0.15, 0.2) is 0 Å². The number of nitrogens with zero attached hydrogens (tertiary/aromatic N) is 1. The van der Waals surface area contributed by atoms with Gasteiger partial charge in [0, 0.05) is 23.4 Å². The number of rotatable bonds is 6. The topological polar surface area (TPSA) is 66.9 Å². The lowest BCUT2D eigenvalue weighted by molar-refractivity contribution is 0.0940. The second kappa shape index (κ2) is 7.47. The van der Waals surface area contributed by atoms with Gasteiger partial charge < -0.3 is 10.3 Å². The van der Waals surface area contributed by atoms with E-state index in [1.54, 1.807) is 17.8 Å². The van der Waals surface area contributed by atoms with Gasteiger partial charge in [-0.1, -0.05) is 19.8 Å². The van der Waals surface area contributed by atoms with E-state index in [4.69, 9.17) is 0 Å². The van der Waals surface area contributed by atoms with E-state index in [9.17, 15) is 9.59 Å². The lowest BCUT2D eigenvalue weighted by Gasteiger charge is -2.16. The van der Waals surface area contributed by atoms with Crippen molar-refractivity contribution in [2.24, 2.45) is 0 Å². The van der Waals surface area contributed by atoms with Crippen LogP contribution in [0.2, 0.25) is 0 Å². The zero-order valence-corrected chi connectivity index (χ0v) is 15.1. The van der Waals surface area contributed by atoms with E-state index in [1.807, 2.05) is 23.0 Å². The zero-order valence-electron chi connectivity index (χ0n) is 14.3. The predicted octanol–water partition coefficient (Wildman–Crippen LogP) is 3.32. The van der Waals surface area contributed by atoms with Crippen LogP contribution in [0.15, 0.2) is 23.0 Å². The summed E-state index contributed by atoms with van der Waals surface area (Å²) in [5, 5.41) is 3.07. The number of carbonyl (C=O) groups excluding carboxylic acids is 1. The molecule has 0 radical (unpaired) electrons. The van der Waals surface area contributed by atoms with E-state index >= 15 is 0 Å². The summed E-state index contributed by atoms with van der Waals surface area (Å²) in [5.41, 5.74) is 2.18. The maximum Gasteiger partial charge on any atom is 0.326 e. The molecule has 1 aliphatic rings. The molecule has 0 spiro atoms. The number of hydrogen-bond acceptors (Lipinski definition) is 3. The number of nitrogens with one attached hydrogen (secondary N) is 2. The lowest BCUT2D eigenvalue weighted by Crippen LogP contribution is -2.36. The fourth-order valence-electron chi connectivity index (χ4n) is 3.53. The molecular weight excluding hydrogens is 322 g/mol. The first-order valence-electron chi connectivity index (χ1n) is 8.68. The molecule has 1 aromatic heterocycles. The van der Waals surface area contributed by atoms with Crippen LogP contribution in [0.1, 0.15) is 55.4 Å². The van der Waals surface area contributed by atoms with Gasteiger partial charge in [0.05, 0.1) is 11.0 Å². The Morgan fingerprint density at radius 2 is 2.17 bits per heavy atom. The fourth-order valence-corrected chi connectivity index (χ4v) is 4.25. The molecule has 130 valence electrons. The monoisotopic (exact) mass is 347 g/mol. The first-order chi connectivity index (χ1) is 11.6. The Balaban J connectivity index is 1.86. The molecule has 5 nitrogen and oxygen atoms in total. The zero-order chi connectivity index (χ0) is 17.1. The Hall–Kier alpha value is -1.69. The second-order valence-electron chi connectivity index (χ2n) is 6.50. The normalized spacial score (nSPS) is 16.6. The van der Waals surface area contributed by atoms with Crippen molar-refractivity contribution in [3.05, 3.63) is 34.2 Å². The summed E-state index contributed by atoms with van der Waals surface area (Å²) in [4.78, 5) is 27.7. The van der Waals surface area contributed by atoms with Crippen LogP contribution >= 0.6 is 11.8 Å². The van der Waals surface area contributed by atoms with E-state index in [0.717, 1.165) is 36.0 Å². The van der Waals surface area contributed by atoms with Crippen LogP contribution in [0.4, 0.5) is 0 Å². The van der Waals surface area contributed by atoms with Crippen molar-refractivity contribution < 1.29 is 4.79 Å². The highest BCUT2D eigenvalue weighted by molar-refractivity contribution is 7.98. The average molecular weight is 347 g/mol. The molecular formula is C18H25N3O2S. The number of aromatic amines is 1. The van der Waals surface area contributed by atoms with Gasteiger partial charge in [-0.2, -0.15) is 11.8 Å². The summed E-state index contributed by atoms with van der Waals surface area (Å²) in [6.45, 7) is 2.07. The average Bonchev–Trinajstić information content (AvgIpc) is 3.19. The van der Waals surface area contributed by atoms with Crippen molar-refractivity contribution in [3.63, 3.8) is 0 Å². The largest absolute Gasteiger partial charge is 0.348 e. The molecule has 3 rings (SSSR count). The summed E-state index contributed by atoms with van der Waals surface area (Å²) in [5.74, 6) is 0.826. The molecule has 1 aromatic carbocycles. The second-order valence-corrected chi connectivity index (χ2v) is 7.42. The Bertz CT molecular complexity index is 774. The maximum atomic E-state index is 12.5. The Kier molecular flexibility index (Phi) is 5.33. The molecule has 2 N–H and O–H groups in total. The number of amides is 1. The molecule has 2 aromatic rings. The van der Waals surface area contributed by atoms with Crippen molar-refractivity contribution >= 4 is 28.7 Å². The molecule has 1 aliphatic carbocycles. The van der Waals surface area contributed by atoms with Gasteiger partial charge >= 0.3 is 5.69 Å². The van der Waals surface area contributed by atoms with Gasteiger partial charge in [0.2, 0.25) is 0 Å². The van der Waals surface area contributed by atoms with Gasteiger partial charge in [-0.05, 0) is 43.7 Å². The molecule has 0 saturated heterocycles. The number of imidazole rings is 1. The van der Waals surface area contributed by atoms with Crippen LogP contribution in [0.3, 0.4) is 0 Å². The molecule has 6 heteroatoms. The summed E-state index contributed by atoms with van der Waals surface area (Å²) in [6.07, 6.45) is 7.42. The first kappa shape index (κ1) is 17.1. The number of hydrogen-bond donors (Lipinski definition) is 2. The quantitative estimate of drug-likeness (QED) is 0.842. The van der Waals surface area contributed by atoms with Crippen LogP contribution in [-0.2, 0) is 0 Å². The molecule has 1 atom stereocenters. The van der Waals surface area contributed by atoms with Gasteiger partial charge in [-0.3, -0.25) is 9.36 Å². The molecule has 0 bridgehead atoms. The third kappa shape index (κ3) is 3.38. The standard InChI is InChI=1S/C18H25N3O2S/c1-3-13(11-24-2)19-17(22)12-8-9-16-15(10-12)20-18(23)21(16)14-6-4-5-7-14/h8-10,13-14H,3-7,11H2,1-2H3,(H,19,22)(H,20,23). The molecule has 1 fully saturated rings. The summed E-state index contributed by atoms with van der Waals surface area (Å²) in [6, 6.07) is 5.98. The minimum atomic E-state index is -0.0766. The number of H-pyrrole nitrogens is 1. The number of aromatic nitrogens is 2. The van der Waals surface area contributed by atoms with Crippen molar-refractivity contribution in [2.45, 2.75) is 51.1 Å². The van der Waals surface area contributed by atoms with Crippen LogP contribution in [-0.4, -0.2) is 33.5 Å². The fraction of sp³-hybridized carbons (Fsp3) is 0.556. The van der Waals surface area contributed by atoms with Crippen LogP contribution in [0, 0.1) is 0 Å². The van der Waals surface area contributed by atoms with Gasteiger partial charge in [-0.15, -0.1) is 0 Å². The third-order valence-electron chi connectivity index (χ3n) is 4.86. The van der Waals surface area contributed by atoms with Crippen LogP contribution in [0.25, 0.3) is 11.0 Å². The van der Waals surface area contributed by atoms with E-state index in [1.165, 1.54) is 12.8 Å². The molecule has 1 heterocycles. The highest BCUT2D eigenvalue weighted by atomic mass is 32.2. The predicted molar refractivity (Wildman–Crippen MR) is 100.0 cm³/mol. The summed E-state index contributed by atoms with van der Waals surface area (Å²) >= 11 is 1.73. The minimum Gasteiger partial charge on any atom is -0.348 e. The molecule has 1 unspecified atom stereocenters. The van der Waals surface area contributed by atoms with E-state index < -0.39 is 0 Å². The summed E-state index contributed by atoms with van der Waals surface area (Å²) < 4.78 is 1.87. The minimum absolute atomic E-state index is 0.0664. The molecule has 1 amide bonds. The third-order valence-corrected chi connectivity index (χ3v) is 5.60. The van der Waals surface area contributed by atoms with Gasteiger partial charge in [0.1, 0.15) is 0 Å². The SMILES string of the molecule is CCC(CSC)NC(=O)c1ccc2c(c1)[nH]c(=O)n2C1CCCC1. The van der Waals surface area contributed by atoms with E-state index in [0.29, 0.717) is 5.56 Å². The molecule has 24 heavy (non-hydrogen) atoms. The number of fused-ring (bicyclic) bond motifs is 1. The van der Waals surface area contributed by atoms with E-state index in [-0.39, 0.29) is 23.7 Å². The smallest absolute Gasteiger partial charge is 0.326 e. The van der Waals surface area contributed by atoms with E-state index in [2.05, 4.69) is 17.2 Å². The maximum absolute atomic E-state index is 12.5. The Morgan fingerprint density at radius 1 is 1.42 bits per heavy atom. The highest BCUT2D eigenvalue weighted by Gasteiger charge is 2.21. The van der Waals surface area contributed by atoms with Gasteiger partial charge in [-0.25, -0.2) is 4.79 Å². The molecule has 1 saturated carbocycles. The Morgan fingerprint density at radius 3 is 2.83 bits per heavy atom. The number of thioether (sulfide) groups is 1. The molecule has 0 aliphatic heterocycles. The number of carbonyl (C=O) groups is 1. The first-order valence-corrected chi connectivity index (χ1v) is 10.1. The van der Waals surface area contributed by atoms with Gasteiger partial charge in [0.25, 0.3) is 5.91 Å². The highest BCUT2D eigenvalue weighted by Crippen LogP contribution is 2.30. The van der Waals surface area contributed by atoms with Crippen molar-refractivity contribution in [3.8, 4) is 0 Å². The number of benzene rings is 1.